The molecule has 6 nitrogen and oxygen atoms in total. The average Bonchev–Trinajstić information content (AvgIpc) is 3.14. The first-order chi connectivity index (χ1) is 25.0. The van der Waals surface area contributed by atoms with Gasteiger partial charge in [0.25, 0.3) is 0 Å². The van der Waals surface area contributed by atoms with Gasteiger partial charge in [0, 0.05) is 0 Å². The Morgan fingerprint density at radius 3 is 1.10 bits per heavy atom. The first-order valence-electron chi connectivity index (χ1n) is 22.8. The summed E-state index contributed by atoms with van der Waals surface area (Å²) in [4.78, 5) is 27.9. The predicted molar refractivity (Wildman–Crippen MR) is 220 cm³/mol. The van der Waals surface area contributed by atoms with Gasteiger partial charge in [-0.05, 0) is 84.0 Å². The van der Waals surface area contributed by atoms with E-state index >= 15 is 0 Å². The zero-order chi connectivity index (χ0) is 37.5. The summed E-state index contributed by atoms with van der Waals surface area (Å²) in [5, 5.41) is 0. The number of carbonyl (C=O) groups is 2. The molecule has 0 fully saturated rings. The second-order valence-electron chi connectivity index (χ2n) is 15.6. The number of rotatable bonds is 41. The minimum absolute atomic E-state index is 0.0598. The summed E-state index contributed by atoms with van der Waals surface area (Å²) < 4.78 is 11.4. The summed E-state index contributed by atoms with van der Waals surface area (Å²) in [6, 6.07) is 0. The molecule has 0 rings (SSSR count). The third-order valence-corrected chi connectivity index (χ3v) is 10.7. The van der Waals surface area contributed by atoms with Gasteiger partial charge in [-0.25, -0.2) is 0 Å². The smallest absolute Gasteiger partial charge is 0.308 e. The van der Waals surface area contributed by atoms with Crippen molar-refractivity contribution in [1.82, 2.24) is 4.90 Å². The maximum atomic E-state index is 12.6. The standard InChI is InChI=1S/C45H90N2O4/c1-5-9-13-25-34-42(32-11-7-3)44(48)50-40-29-23-19-15-17-21-27-37-47(39-31-36-46)38-28-22-18-16-20-24-30-41-51-45(49)43(33-12-8-4)35-26-14-10-6-2/h42-43H,5-41,46H2,1-4H3. The Labute approximate surface area is 318 Å². The molecule has 0 aromatic rings. The van der Waals surface area contributed by atoms with Crippen LogP contribution in [0, 0.1) is 11.8 Å². The molecule has 2 atom stereocenters. The Morgan fingerprint density at radius 2 is 0.725 bits per heavy atom. The van der Waals surface area contributed by atoms with Crippen LogP contribution in [-0.2, 0) is 19.1 Å². The second-order valence-corrected chi connectivity index (χ2v) is 15.6. The highest BCUT2D eigenvalue weighted by Gasteiger charge is 2.20. The third-order valence-electron chi connectivity index (χ3n) is 10.7. The van der Waals surface area contributed by atoms with Gasteiger partial charge < -0.3 is 20.1 Å². The van der Waals surface area contributed by atoms with Gasteiger partial charge >= 0.3 is 11.9 Å². The highest BCUT2D eigenvalue weighted by atomic mass is 16.5. The second kappa shape index (κ2) is 40.1. The Hall–Kier alpha value is -1.14. The maximum absolute atomic E-state index is 12.6. The van der Waals surface area contributed by atoms with Gasteiger partial charge in [-0.15, -0.1) is 0 Å². The quantitative estimate of drug-likeness (QED) is 0.0500. The number of nitrogens with zero attached hydrogens (tertiary/aromatic N) is 1. The molecule has 6 heteroatoms. The monoisotopic (exact) mass is 723 g/mol. The van der Waals surface area contributed by atoms with E-state index in [1.54, 1.807) is 0 Å². The van der Waals surface area contributed by atoms with Crippen LogP contribution in [0.5, 0.6) is 0 Å². The molecule has 0 bridgehead atoms. The summed E-state index contributed by atoms with van der Waals surface area (Å²) >= 11 is 0. The lowest BCUT2D eigenvalue weighted by Gasteiger charge is -2.22. The molecule has 0 aromatic carbocycles. The fourth-order valence-electron chi connectivity index (χ4n) is 7.17. The molecular weight excluding hydrogens is 633 g/mol. The van der Waals surface area contributed by atoms with E-state index in [1.807, 2.05) is 0 Å². The molecule has 0 saturated carbocycles. The van der Waals surface area contributed by atoms with Crippen LogP contribution in [0.15, 0.2) is 0 Å². The van der Waals surface area contributed by atoms with Gasteiger partial charge in [0.15, 0.2) is 0 Å². The van der Waals surface area contributed by atoms with Crippen LogP contribution in [0.25, 0.3) is 0 Å². The summed E-state index contributed by atoms with van der Waals surface area (Å²) in [6.45, 7) is 14.4. The van der Waals surface area contributed by atoms with E-state index in [0.29, 0.717) is 13.2 Å². The van der Waals surface area contributed by atoms with E-state index in [4.69, 9.17) is 15.2 Å². The Kier molecular flexibility index (Phi) is 39.2. The van der Waals surface area contributed by atoms with Gasteiger partial charge in [0.05, 0.1) is 25.0 Å². The topological polar surface area (TPSA) is 81.9 Å². The fraction of sp³-hybridized carbons (Fsp3) is 0.956. The van der Waals surface area contributed by atoms with Gasteiger partial charge in [-0.1, -0.05) is 169 Å². The van der Waals surface area contributed by atoms with Crippen molar-refractivity contribution >= 4 is 11.9 Å². The highest BCUT2D eigenvalue weighted by molar-refractivity contribution is 5.72. The summed E-state index contributed by atoms with van der Waals surface area (Å²) in [5.74, 6) is 0.351. The van der Waals surface area contributed by atoms with E-state index in [2.05, 4.69) is 32.6 Å². The molecule has 0 aliphatic rings. The number of unbranched alkanes of at least 4 members (excludes halogenated alkanes) is 20. The molecule has 0 aliphatic heterocycles. The van der Waals surface area contributed by atoms with Crippen molar-refractivity contribution in [3.8, 4) is 0 Å². The molecule has 0 saturated heterocycles. The summed E-state index contributed by atoms with van der Waals surface area (Å²) in [6.07, 6.45) is 36.6. The van der Waals surface area contributed by atoms with Crippen LogP contribution in [0.1, 0.15) is 227 Å². The first-order valence-corrected chi connectivity index (χ1v) is 22.8. The average molecular weight is 723 g/mol. The van der Waals surface area contributed by atoms with Crippen molar-refractivity contribution in [1.29, 1.82) is 0 Å². The molecule has 304 valence electrons. The number of hydrogen-bond donors (Lipinski definition) is 1. The lowest BCUT2D eigenvalue weighted by Crippen LogP contribution is -2.28. The van der Waals surface area contributed by atoms with Crippen molar-refractivity contribution in [2.75, 3.05) is 39.4 Å². The number of nitrogens with two attached hydrogens (primary N) is 1. The predicted octanol–water partition coefficient (Wildman–Crippen LogP) is 12.7. The highest BCUT2D eigenvalue weighted by Crippen LogP contribution is 2.21. The van der Waals surface area contributed by atoms with Crippen molar-refractivity contribution < 1.29 is 19.1 Å². The maximum Gasteiger partial charge on any atom is 0.308 e. The molecule has 0 radical (unpaired) electrons. The van der Waals surface area contributed by atoms with Gasteiger partial charge in [-0.3, -0.25) is 9.59 Å². The van der Waals surface area contributed by atoms with Crippen LogP contribution in [0.4, 0.5) is 0 Å². The molecular formula is C45H90N2O4. The van der Waals surface area contributed by atoms with Crippen LogP contribution in [-0.4, -0.2) is 56.2 Å². The number of carbonyl (C=O) groups excluding carboxylic acids is 2. The minimum Gasteiger partial charge on any atom is -0.465 e. The van der Waals surface area contributed by atoms with Gasteiger partial charge in [0.1, 0.15) is 0 Å². The van der Waals surface area contributed by atoms with Gasteiger partial charge in [-0.2, -0.15) is 0 Å². The third kappa shape index (κ3) is 33.2. The zero-order valence-electron chi connectivity index (χ0n) is 35.0. The molecule has 51 heavy (non-hydrogen) atoms. The fourth-order valence-corrected chi connectivity index (χ4v) is 7.17. The minimum atomic E-state index is 0.0598. The van der Waals surface area contributed by atoms with Crippen LogP contribution in [0.3, 0.4) is 0 Å². The van der Waals surface area contributed by atoms with Crippen molar-refractivity contribution in [3.63, 3.8) is 0 Å². The lowest BCUT2D eigenvalue weighted by molar-refractivity contribution is -0.150. The van der Waals surface area contributed by atoms with Crippen LogP contribution >= 0.6 is 0 Å². The molecule has 0 aliphatic carbocycles. The molecule has 0 amide bonds. The number of esters is 2. The summed E-state index contributed by atoms with van der Waals surface area (Å²) in [7, 11) is 0. The number of hydrogen-bond acceptors (Lipinski definition) is 6. The van der Waals surface area contributed by atoms with Crippen molar-refractivity contribution in [3.05, 3.63) is 0 Å². The Balaban J connectivity index is 3.91. The largest absolute Gasteiger partial charge is 0.465 e. The SMILES string of the molecule is CCCCCCC(CCCC)C(=O)OCCCCCCCCCN(CCCN)CCCCCCCCCOC(=O)C(CCCC)CCCCCC. The number of ether oxygens (including phenoxy) is 2. The lowest BCUT2D eigenvalue weighted by atomic mass is 9.95. The molecule has 0 spiro atoms. The van der Waals surface area contributed by atoms with Crippen LogP contribution < -0.4 is 5.73 Å². The zero-order valence-corrected chi connectivity index (χ0v) is 35.0. The molecule has 0 heterocycles. The molecule has 0 aromatic heterocycles. The van der Waals surface area contributed by atoms with E-state index in [-0.39, 0.29) is 23.8 Å². The van der Waals surface area contributed by atoms with Crippen LogP contribution in [0.2, 0.25) is 0 Å². The Bertz CT molecular complexity index is 677. The summed E-state index contributed by atoms with van der Waals surface area (Å²) in [5.41, 5.74) is 5.84. The van der Waals surface area contributed by atoms with E-state index in [1.165, 1.54) is 116 Å². The van der Waals surface area contributed by atoms with Crippen molar-refractivity contribution in [2.45, 2.75) is 227 Å². The first kappa shape index (κ1) is 49.9. The van der Waals surface area contributed by atoms with E-state index in [0.717, 1.165) is 109 Å². The van der Waals surface area contributed by atoms with E-state index in [9.17, 15) is 9.59 Å². The van der Waals surface area contributed by atoms with Gasteiger partial charge in [0.2, 0.25) is 0 Å². The molecule has 2 unspecified atom stereocenters. The molecule has 2 N–H and O–H groups in total. The van der Waals surface area contributed by atoms with Crippen molar-refractivity contribution in [2.24, 2.45) is 17.6 Å². The van der Waals surface area contributed by atoms with E-state index < -0.39 is 0 Å². The Morgan fingerprint density at radius 1 is 0.412 bits per heavy atom. The normalized spacial score (nSPS) is 12.7.